The summed E-state index contributed by atoms with van der Waals surface area (Å²) in [7, 11) is 0. The quantitative estimate of drug-likeness (QED) is 0.774. The van der Waals surface area contributed by atoms with Gasteiger partial charge in [0.2, 0.25) is 5.91 Å². The minimum absolute atomic E-state index is 0.0447. The molecule has 21 heavy (non-hydrogen) atoms. The molecule has 2 heterocycles. The predicted molar refractivity (Wildman–Crippen MR) is 77.8 cm³/mol. The van der Waals surface area contributed by atoms with Crippen molar-refractivity contribution in [2.24, 2.45) is 0 Å². The lowest BCUT2D eigenvalue weighted by Gasteiger charge is -2.18. The van der Waals surface area contributed by atoms with Crippen molar-refractivity contribution in [2.75, 3.05) is 0 Å². The molecule has 3 rings (SSSR count). The van der Waals surface area contributed by atoms with Crippen LogP contribution in [-0.2, 0) is 4.79 Å². The lowest BCUT2D eigenvalue weighted by molar-refractivity contribution is -0.119. The predicted octanol–water partition coefficient (Wildman–Crippen LogP) is 2.76. The summed E-state index contributed by atoms with van der Waals surface area (Å²) < 4.78 is 5.37. The number of phenolic OH excluding ortho intramolecular Hbond substituents is 1. The largest absolute Gasteiger partial charge is 0.505 e. The Hall–Kier alpha value is -2.82. The molecule has 0 aliphatic rings. The molecule has 5 heteroatoms. The Morgan fingerprint density at radius 2 is 2.14 bits per heavy atom. The van der Waals surface area contributed by atoms with Crippen LogP contribution < -0.4 is 5.32 Å². The highest BCUT2D eigenvalue weighted by atomic mass is 16.3. The molecular weight excluding hydrogens is 268 g/mol. The van der Waals surface area contributed by atoms with Crippen LogP contribution in [0.15, 0.2) is 53.3 Å². The average Bonchev–Trinajstić information content (AvgIpc) is 3.00. The number of hydrogen-bond donors (Lipinski definition) is 2. The van der Waals surface area contributed by atoms with Crippen molar-refractivity contribution in [2.45, 2.75) is 13.0 Å². The number of benzene rings is 1. The zero-order chi connectivity index (χ0) is 14.8. The summed E-state index contributed by atoms with van der Waals surface area (Å²) in [6.07, 6.45) is 3.15. The van der Waals surface area contributed by atoms with Crippen molar-refractivity contribution in [1.82, 2.24) is 10.3 Å². The Kier molecular flexibility index (Phi) is 3.31. The molecule has 1 amide bonds. The lowest BCUT2D eigenvalue weighted by Crippen LogP contribution is -2.26. The molecule has 0 unspecified atom stereocenters. The van der Waals surface area contributed by atoms with Crippen LogP contribution in [0.2, 0.25) is 0 Å². The zero-order valence-corrected chi connectivity index (χ0v) is 11.4. The fourth-order valence-electron chi connectivity index (χ4n) is 2.34. The van der Waals surface area contributed by atoms with E-state index in [1.807, 2.05) is 12.1 Å². The van der Waals surface area contributed by atoms with Gasteiger partial charge in [0.25, 0.3) is 0 Å². The molecule has 1 aromatic carbocycles. The molecule has 3 aromatic rings. The van der Waals surface area contributed by atoms with Gasteiger partial charge in [-0.15, -0.1) is 0 Å². The van der Waals surface area contributed by atoms with E-state index in [1.165, 1.54) is 13.2 Å². The Balaban J connectivity index is 2.15. The van der Waals surface area contributed by atoms with Gasteiger partial charge in [-0.05, 0) is 18.2 Å². The molecule has 0 aliphatic heterocycles. The minimum Gasteiger partial charge on any atom is -0.505 e. The van der Waals surface area contributed by atoms with Crippen molar-refractivity contribution in [3.8, 4) is 5.75 Å². The average molecular weight is 282 g/mol. The van der Waals surface area contributed by atoms with Crippen molar-refractivity contribution in [1.29, 1.82) is 0 Å². The zero-order valence-electron chi connectivity index (χ0n) is 11.4. The Labute approximate surface area is 121 Å². The highest BCUT2D eigenvalue weighted by molar-refractivity contribution is 5.86. The number of rotatable bonds is 3. The molecule has 0 bridgehead atoms. The first kappa shape index (κ1) is 13.2. The molecule has 0 saturated heterocycles. The Bertz CT molecular complexity index is 781. The van der Waals surface area contributed by atoms with Crippen molar-refractivity contribution < 1.29 is 14.3 Å². The minimum atomic E-state index is -0.552. The summed E-state index contributed by atoms with van der Waals surface area (Å²) in [5, 5.41) is 14.1. The van der Waals surface area contributed by atoms with Gasteiger partial charge < -0.3 is 14.8 Å². The number of amides is 1. The van der Waals surface area contributed by atoms with E-state index in [9.17, 15) is 9.90 Å². The second kappa shape index (κ2) is 5.28. The van der Waals surface area contributed by atoms with Gasteiger partial charge in [0.15, 0.2) is 0 Å². The molecule has 1 atom stereocenters. The van der Waals surface area contributed by atoms with Gasteiger partial charge >= 0.3 is 0 Å². The number of nitrogens with one attached hydrogen (secondary N) is 1. The maximum Gasteiger partial charge on any atom is 0.217 e. The van der Waals surface area contributed by atoms with Crippen molar-refractivity contribution >= 4 is 16.8 Å². The molecule has 0 fully saturated rings. The SMILES string of the molecule is CC(=O)N[C@H](c1ccco1)c1ccc2cccnc2c1O. The summed E-state index contributed by atoms with van der Waals surface area (Å²) in [4.78, 5) is 15.6. The van der Waals surface area contributed by atoms with Crippen LogP contribution in [0.4, 0.5) is 0 Å². The number of phenols is 1. The Morgan fingerprint density at radius 1 is 1.29 bits per heavy atom. The van der Waals surface area contributed by atoms with Crippen LogP contribution >= 0.6 is 0 Å². The fourth-order valence-corrected chi connectivity index (χ4v) is 2.34. The number of hydrogen-bond acceptors (Lipinski definition) is 4. The first-order chi connectivity index (χ1) is 10.2. The molecule has 0 saturated carbocycles. The van der Waals surface area contributed by atoms with Crippen molar-refractivity contribution in [3.05, 3.63) is 60.2 Å². The summed E-state index contributed by atoms with van der Waals surface area (Å²) in [6.45, 7) is 1.42. The van der Waals surface area contributed by atoms with E-state index in [-0.39, 0.29) is 11.7 Å². The highest BCUT2D eigenvalue weighted by Crippen LogP contribution is 2.34. The van der Waals surface area contributed by atoms with E-state index >= 15 is 0 Å². The van der Waals surface area contributed by atoms with Gasteiger partial charge in [0.05, 0.1) is 6.26 Å². The third kappa shape index (κ3) is 2.45. The fraction of sp³-hybridized carbons (Fsp3) is 0.125. The summed E-state index contributed by atoms with van der Waals surface area (Å²) in [5.41, 5.74) is 1.04. The van der Waals surface area contributed by atoms with E-state index < -0.39 is 6.04 Å². The van der Waals surface area contributed by atoms with Gasteiger partial charge in [-0.2, -0.15) is 0 Å². The molecular formula is C16H14N2O3. The van der Waals surface area contributed by atoms with E-state index in [4.69, 9.17) is 4.42 Å². The van der Waals surface area contributed by atoms with E-state index in [1.54, 1.807) is 30.5 Å². The van der Waals surface area contributed by atoms with Gasteiger partial charge in [-0.1, -0.05) is 18.2 Å². The van der Waals surface area contributed by atoms with Crippen LogP contribution in [0.25, 0.3) is 10.9 Å². The van der Waals surface area contributed by atoms with Crippen LogP contribution in [0, 0.1) is 0 Å². The van der Waals surface area contributed by atoms with Gasteiger partial charge in [-0.25, -0.2) is 0 Å². The van der Waals surface area contributed by atoms with Gasteiger partial charge in [0, 0.05) is 24.1 Å². The topological polar surface area (TPSA) is 75.4 Å². The van der Waals surface area contributed by atoms with Crippen LogP contribution in [0.3, 0.4) is 0 Å². The number of carbonyl (C=O) groups excluding carboxylic acids is 1. The number of aromatic hydroxyl groups is 1. The molecule has 0 aliphatic carbocycles. The van der Waals surface area contributed by atoms with Gasteiger partial charge in [-0.3, -0.25) is 9.78 Å². The number of furan rings is 1. The second-order valence-corrected chi connectivity index (χ2v) is 4.73. The molecule has 106 valence electrons. The van der Waals surface area contributed by atoms with Crippen LogP contribution in [-0.4, -0.2) is 16.0 Å². The first-order valence-corrected chi connectivity index (χ1v) is 6.54. The number of nitrogens with zero attached hydrogens (tertiary/aromatic N) is 1. The third-order valence-electron chi connectivity index (χ3n) is 3.27. The summed E-state index contributed by atoms with van der Waals surface area (Å²) >= 11 is 0. The van der Waals surface area contributed by atoms with E-state index in [0.717, 1.165) is 5.39 Å². The molecule has 2 aromatic heterocycles. The molecule has 2 N–H and O–H groups in total. The first-order valence-electron chi connectivity index (χ1n) is 6.54. The molecule has 0 radical (unpaired) electrons. The number of carbonyl (C=O) groups is 1. The third-order valence-corrected chi connectivity index (χ3v) is 3.27. The van der Waals surface area contributed by atoms with Crippen molar-refractivity contribution in [3.63, 3.8) is 0 Å². The standard InChI is InChI=1S/C16H14N2O3/c1-10(19)18-15(13-5-3-9-21-13)12-7-6-11-4-2-8-17-14(11)16(12)20/h2-9,15,20H,1H3,(H,18,19)/t15-/m0/s1. The Morgan fingerprint density at radius 3 is 2.86 bits per heavy atom. The smallest absolute Gasteiger partial charge is 0.217 e. The van der Waals surface area contributed by atoms with Crippen LogP contribution in [0.1, 0.15) is 24.3 Å². The molecule has 5 nitrogen and oxygen atoms in total. The van der Waals surface area contributed by atoms with E-state index in [2.05, 4.69) is 10.3 Å². The normalized spacial score (nSPS) is 12.2. The summed E-state index contributed by atoms with van der Waals surface area (Å²) in [5.74, 6) is 0.385. The number of aromatic nitrogens is 1. The number of fused-ring (bicyclic) bond motifs is 1. The maximum atomic E-state index is 11.4. The second-order valence-electron chi connectivity index (χ2n) is 4.73. The van der Waals surface area contributed by atoms with Gasteiger partial charge in [0.1, 0.15) is 23.1 Å². The highest BCUT2D eigenvalue weighted by Gasteiger charge is 2.22. The summed E-state index contributed by atoms with van der Waals surface area (Å²) in [6, 6.07) is 10.2. The van der Waals surface area contributed by atoms with E-state index in [0.29, 0.717) is 16.8 Å². The van der Waals surface area contributed by atoms with Crippen LogP contribution in [0.5, 0.6) is 5.75 Å². The lowest BCUT2D eigenvalue weighted by atomic mass is 10.0. The monoisotopic (exact) mass is 282 g/mol. The number of pyridine rings is 1. The maximum absolute atomic E-state index is 11.4. The molecule has 0 spiro atoms.